The first-order chi connectivity index (χ1) is 5.88. The van der Waals surface area contributed by atoms with Crippen LogP contribution in [0.4, 0.5) is 4.39 Å². The summed E-state index contributed by atoms with van der Waals surface area (Å²) in [5, 5.41) is 6.09. The zero-order chi connectivity index (χ0) is 8.39. The third kappa shape index (κ3) is 1.07. The van der Waals surface area contributed by atoms with E-state index in [1.54, 1.807) is 24.4 Å². The quantitative estimate of drug-likeness (QED) is 0.693. The summed E-state index contributed by atoms with van der Waals surface area (Å²) in [5.41, 5.74) is 0.892. The summed E-state index contributed by atoms with van der Waals surface area (Å²) in [6.07, 6.45) is 2.74. The first-order valence-electron chi connectivity index (χ1n) is 3.48. The molecule has 0 amide bonds. The number of H-pyrrole nitrogens is 1. The third-order valence-corrected chi connectivity index (χ3v) is 1.51. The zero-order valence-electron chi connectivity index (χ0n) is 6.16. The van der Waals surface area contributed by atoms with Crippen LogP contribution in [0.15, 0.2) is 30.6 Å². The Bertz CT molecular complexity index is 369. The molecular formula is C8H6FN3. The standard InChI is InChI=1S/C8H6FN3/c9-6-5-11-12-8(6)7-3-1-2-4-10-7/h1-5H,(H,11,12). The number of pyridine rings is 1. The Morgan fingerprint density at radius 1 is 1.33 bits per heavy atom. The molecular weight excluding hydrogens is 157 g/mol. The minimum Gasteiger partial charge on any atom is -0.273 e. The Balaban J connectivity index is 2.51. The summed E-state index contributed by atoms with van der Waals surface area (Å²) in [6.45, 7) is 0. The van der Waals surface area contributed by atoms with E-state index in [0.29, 0.717) is 11.4 Å². The van der Waals surface area contributed by atoms with Crippen LogP contribution in [0, 0.1) is 5.82 Å². The Morgan fingerprint density at radius 2 is 2.25 bits per heavy atom. The van der Waals surface area contributed by atoms with E-state index in [-0.39, 0.29) is 5.82 Å². The van der Waals surface area contributed by atoms with Crippen molar-refractivity contribution in [3.8, 4) is 11.4 Å². The lowest BCUT2D eigenvalue weighted by Crippen LogP contribution is -1.84. The highest BCUT2D eigenvalue weighted by molar-refractivity contribution is 5.53. The number of rotatable bonds is 1. The van der Waals surface area contributed by atoms with Crippen molar-refractivity contribution in [2.45, 2.75) is 0 Å². The van der Waals surface area contributed by atoms with Crippen molar-refractivity contribution in [3.63, 3.8) is 0 Å². The average molecular weight is 163 g/mol. The molecule has 2 aromatic heterocycles. The van der Waals surface area contributed by atoms with Crippen LogP contribution in [0.1, 0.15) is 0 Å². The Morgan fingerprint density at radius 3 is 2.83 bits per heavy atom. The van der Waals surface area contributed by atoms with Gasteiger partial charge < -0.3 is 0 Å². The molecule has 2 heterocycles. The van der Waals surface area contributed by atoms with E-state index in [0.717, 1.165) is 6.20 Å². The van der Waals surface area contributed by atoms with Gasteiger partial charge in [0.1, 0.15) is 5.69 Å². The molecule has 0 atom stereocenters. The summed E-state index contributed by atoms with van der Waals surface area (Å²) in [5.74, 6) is -0.381. The predicted octanol–water partition coefficient (Wildman–Crippen LogP) is 1.61. The van der Waals surface area contributed by atoms with Crippen molar-refractivity contribution < 1.29 is 4.39 Å². The minimum absolute atomic E-state index is 0.329. The molecule has 0 radical (unpaired) electrons. The molecule has 1 N–H and O–H groups in total. The molecule has 0 fully saturated rings. The van der Waals surface area contributed by atoms with Crippen molar-refractivity contribution in [1.82, 2.24) is 15.2 Å². The number of nitrogens with one attached hydrogen (secondary N) is 1. The fourth-order valence-corrected chi connectivity index (χ4v) is 0.962. The van der Waals surface area contributed by atoms with Crippen LogP contribution in [-0.4, -0.2) is 15.2 Å². The van der Waals surface area contributed by atoms with E-state index in [1.165, 1.54) is 0 Å². The molecule has 12 heavy (non-hydrogen) atoms. The SMILES string of the molecule is Fc1cn[nH]c1-c1ccccn1. The summed E-state index contributed by atoms with van der Waals surface area (Å²) < 4.78 is 12.9. The van der Waals surface area contributed by atoms with Crippen LogP contribution in [0.25, 0.3) is 11.4 Å². The Kier molecular flexibility index (Phi) is 1.59. The Hall–Kier alpha value is -1.71. The molecule has 2 rings (SSSR count). The van der Waals surface area contributed by atoms with Gasteiger partial charge in [-0.25, -0.2) is 4.39 Å². The topological polar surface area (TPSA) is 41.6 Å². The van der Waals surface area contributed by atoms with Gasteiger partial charge in [-0.1, -0.05) is 6.07 Å². The van der Waals surface area contributed by atoms with Gasteiger partial charge in [-0.3, -0.25) is 10.1 Å². The van der Waals surface area contributed by atoms with Gasteiger partial charge in [-0.15, -0.1) is 0 Å². The van der Waals surface area contributed by atoms with E-state index in [9.17, 15) is 4.39 Å². The molecule has 0 aliphatic heterocycles. The van der Waals surface area contributed by atoms with Gasteiger partial charge in [0.15, 0.2) is 5.82 Å². The molecule has 60 valence electrons. The van der Waals surface area contributed by atoms with Gasteiger partial charge in [-0.05, 0) is 12.1 Å². The molecule has 0 saturated heterocycles. The summed E-state index contributed by atoms with van der Waals surface area (Å²) >= 11 is 0. The fraction of sp³-hybridized carbons (Fsp3) is 0. The summed E-state index contributed by atoms with van der Waals surface area (Å²) in [4.78, 5) is 3.97. The number of hydrogen-bond acceptors (Lipinski definition) is 2. The normalized spacial score (nSPS) is 10.1. The molecule has 4 heteroatoms. The summed E-state index contributed by atoms with van der Waals surface area (Å²) in [7, 11) is 0. The number of hydrogen-bond donors (Lipinski definition) is 1. The monoisotopic (exact) mass is 163 g/mol. The molecule has 2 aromatic rings. The first kappa shape index (κ1) is 6.97. The van der Waals surface area contributed by atoms with Crippen molar-refractivity contribution >= 4 is 0 Å². The third-order valence-electron chi connectivity index (χ3n) is 1.51. The van der Waals surface area contributed by atoms with E-state index < -0.39 is 0 Å². The van der Waals surface area contributed by atoms with Crippen molar-refractivity contribution in [2.75, 3.05) is 0 Å². The van der Waals surface area contributed by atoms with Gasteiger partial charge in [0.05, 0.1) is 11.9 Å². The second-order valence-corrected chi connectivity index (χ2v) is 2.31. The van der Waals surface area contributed by atoms with Crippen LogP contribution >= 0.6 is 0 Å². The van der Waals surface area contributed by atoms with E-state index in [2.05, 4.69) is 15.2 Å². The lowest BCUT2D eigenvalue weighted by atomic mass is 10.3. The Labute approximate surface area is 68.3 Å². The highest BCUT2D eigenvalue weighted by Gasteiger charge is 2.06. The van der Waals surface area contributed by atoms with Gasteiger partial charge in [0.25, 0.3) is 0 Å². The van der Waals surface area contributed by atoms with Gasteiger partial charge in [0.2, 0.25) is 0 Å². The van der Waals surface area contributed by atoms with Crippen molar-refractivity contribution in [1.29, 1.82) is 0 Å². The van der Waals surface area contributed by atoms with E-state index >= 15 is 0 Å². The molecule has 0 saturated carbocycles. The second-order valence-electron chi connectivity index (χ2n) is 2.31. The van der Waals surface area contributed by atoms with Crippen LogP contribution < -0.4 is 0 Å². The molecule has 0 aromatic carbocycles. The van der Waals surface area contributed by atoms with Crippen LogP contribution in [0.2, 0.25) is 0 Å². The van der Waals surface area contributed by atoms with Crippen LogP contribution in [0.5, 0.6) is 0 Å². The lowest BCUT2D eigenvalue weighted by molar-refractivity contribution is 0.631. The number of aromatic amines is 1. The van der Waals surface area contributed by atoms with Crippen LogP contribution in [0.3, 0.4) is 0 Å². The average Bonchev–Trinajstić information content (AvgIpc) is 2.53. The molecule has 0 unspecified atom stereocenters. The number of aromatic nitrogens is 3. The fourth-order valence-electron chi connectivity index (χ4n) is 0.962. The van der Waals surface area contributed by atoms with Crippen molar-refractivity contribution in [3.05, 3.63) is 36.4 Å². The van der Waals surface area contributed by atoms with E-state index in [4.69, 9.17) is 0 Å². The lowest BCUT2D eigenvalue weighted by Gasteiger charge is -1.93. The molecule has 0 spiro atoms. The minimum atomic E-state index is -0.381. The van der Waals surface area contributed by atoms with Crippen molar-refractivity contribution in [2.24, 2.45) is 0 Å². The summed E-state index contributed by atoms with van der Waals surface area (Å²) in [6, 6.07) is 5.29. The first-order valence-corrected chi connectivity index (χ1v) is 3.48. The smallest absolute Gasteiger partial charge is 0.170 e. The maximum atomic E-state index is 12.9. The van der Waals surface area contributed by atoms with Gasteiger partial charge in [0, 0.05) is 6.20 Å². The van der Waals surface area contributed by atoms with E-state index in [1.807, 2.05) is 0 Å². The molecule has 3 nitrogen and oxygen atoms in total. The highest BCUT2D eigenvalue weighted by Crippen LogP contribution is 2.15. The highest BCUT2D eigenvalue weighted by atomic mass is 19.1. The van der Waals surface area contributed by atoms with Gasteiger partial charge >= 0.3 is 0 Å². The molecule has 0 aliphatic rings. The zero-order valence-corrected chi connectivity index (χ0v) is 6.16. The maximum Gasteiger partial charge on any atom is 0.170 e. The predicted molar refractivity (Wildman–Crippen MR) is 41.8 cm³/mol. The number of nitrogens with zero attached hydrogens (tertiary/aromatic N) is 2. The number of halogens is 1. The second kappa shape index (κ2) is 2.73. The maximum absolute atomic E-state index is 12.9. The largest absolute Gasteiger partial charge is 0.273 e. The van der Waals surface area contributed by atoms with Crippen LogP contribution in [-0.2, 0) is 0 Å². The molecule has 0 aliphatic carbocycles. The molecule has 0 bridgehead atoms. The van der Waals surface area contributed by atoms with Gasteiger partial charge in [-0.2, -0.15) is 5.10 Å².